The maximum atomic E-state index is 14.1. The first-order valence-electron chi connectivity index (χ1n) is 14.3. The standard InChI is InChI=1S/C34H43NO5S2/c1-21(2)31-18-35(42(38,39)30-16-12-23(4)13-17-30)33(19-40-34-27(8)25(6)24(5)26(7)28(34)9)32(31)20-41(36,37)29-14-10-22(3)11-15-29/h10-17,31-33H,1,18-20H2,2-9H3/t31-,32-,33+/m0/s1. The van der Waals surface area contributed by atoms with Gasteiger partial charge in [-0.3, -0.25) is 0 Å². The van der Waals surface area contributed by atoms with Crippen molar-refractivity contribution in [3.63, 3.8) is 0 Å². The minimum absolute atomic E-state index is 0.0204. The molecular weight excluding hydrogens is 567 g/mol. The zero-order valence-electron chi connectivity index (χ0n) is 26.0. The van der Waals surface area contributed by atoms with Gasteiger partial charge >= 0.3 is 0 Å². The summed E-state index contributed by atoms with van der Waals surface area (Å²) in [6, 6.07) is 12.8. The highest BCUT2D eigenvalue weighted by atomic mass is 32.2. The highest BCUT2D eigenvalue weighted by Crippen LogP contribution is 2.41. The van der Waals surface area contributed by atoms with Crippen LogP contribution in [-0.4, -0.2) is 46.1 Å². The number of rotatable bonds is 9. The molecule has 1 aliphatic rings. The van der Waals surface area contributed by atoms with E-state index < -0.39 is 31.8 Å². The lowest BCUT2D eigenvalue weighted by atomic mass is 9.88. The van der Waals surface area contributed by atoms with Crippen LogP contribution in [0, 0.1) is 60.3 Å². The average Bonchev–Trinajstić information content (AvgIpc) is 3.29. The van der Waals surface area contributed by atoms with Gasteiger partial charge in [-0.25, -0.2) is 16.8 Å². The topological polar surface area (TPSA) is 80.8 Å². The first-order valence-corrected chi connectivity index (χ1v) is 17.4. The van der Waals surface area contributed by atoms with Crippen LogP contribution in [0.5, 0.6) is 5.75 Å². The van der Waals surface area contributed by atoms with E-state index in [0.717, 1.165) is 44.7 Å². The van der Waals surface area contributed by atoms with E-state index in [0.29, 0.717) is 0 Å². The van der Waals surface area contributed by atoms with Crippen molar-refractivity contribution in [2.24, 2.45) is 11.8 Å². The first kappa shape index (κ1) is 32.0. The summed E-state index contributed by atoms with van der Waals surface area (Å²) in [5, 5.41) is 0. The van der Waals surface area contributed by atoms with Crippen LogP contribution >= 0.6 is 0 Å². The quantitative estimate of drug-likeness (QED) is 0.256. The summed E-state index contributed by atoms with van der Waals surface area (Å²) >= 11 is 0. The number of hydrogen-bond acceptors (Lipinski definition) is 5. The molecule has 0 amide bonds. The molecule has 3 aromatic carbocycles. The molecule has 3 atom stereocenters. The van der Waals surface area contributed by atoms with Gasteiger partial charge in [-0.05, 0) is 113 Å². The average molecular weight is 610 g/mol. The van der Waals surface area contributed by atoms with Crippen LogP contribution in [0.1, 0.15) is 45.9 Å². The number of nitrogens with zero attached hydrogens (tertiary/aromatic N) is 1. The Bertz CT molecular complexity index is 1680. The molecule has 0 spiro atoms. The summed E-state index contributed by atoms with van der Waals surface area (Å²) in [6.07, 6.45) is 0. The van der Waals surface area contributed by atoms with Gasteiger partial charge in [0.05, 0.1) is 21.6 Å². The van der Waals surface area contributed by atoms with Gasteiger partial charge in [0, 0.05) is 12.5 Å². The molecule has 0 saturated carbocycles. The summed E-state index contributed by atoms with van der Waals surface area (Å²) in [4.78, 5) is 0.402. The Hall–Kier alpha value is -2.94. The van der Waals surface area contributed by atoms with Crippen molar-refractivity contribution in [2.45, 2.75) is 71.2 Å². The Morgan fingerprint density at radius 2 is 1.21 bits per heavy atom. The summed E-state index contributed by atoms with van der Waals surface area (Å²) in [6.45, 7) is 20.2. The molecule has 8 heteroatoms. The first-order chi connectivity index (χ1) is 19.6. The van der Waals surface area contributed by atoms with Gasteiger partial charge in [-0.1, -0.05) is 47.5 Å². The Kier molecular flexibility index (Phi) is 9.12. The molecule has 226 valence electrons. The molecule has 1 fully saturated rings. The van der Waals surface area contributed by atoms with Gasteiger partial charge in [0.25, 0.3) is 0 Å². The summed E-state index contributed by atoms with van der Waals surface area (Å²) < 4.78 is 63.7. The van der Waals surface area contributed by atoms with Crippen LogP contribution in [0.4, 0.5) is 0 Å². The molecule has 0 N–H and O–H groups in total. The maximum absolute atomic E-state index is 14.1. The van der Waals surface area contributed by atoms with E-state index in [-0.39, 0.29) is 34.6 Å². The molecule has 42 heavy (non-hydrogen) atoms. The minimum Gasteiger partial charge on any atom is -0.491 e. The monoisotopic (exact) mass is 609 g/mol. The van der Waals surface area contributed by atoms with E-state index in [1.807, 2.05) is 34.6 Å². The van der Waals surface area contributed by atoms with Crippen LogP contribution in [0.25, 0.3) is 0 Å². The Morgan fingerprint density at radius 3 is 1.69 bits per heavy atom. The molecule has 3 aromatic rings. The number of aryl methyl sites for hydroxylation is 2. The Labute approximate surface area is 252 Å². The van der Waals surface area contributed by atoms with Crippen LogP contribution in [0.15, 0.2) is 70.5 Å². The second-order valence-electron chi connectivity index (χ2n) is 11.9. The zero-order valence-corrected chi connectivity index (χ0v) is 27.6. The third kappa shape index (κ3) is 6.08. The van der Waals surface area contributed by atoms with Crippen LogP contribution in [0.3, 0.4) is 0 Å². The fraction of sp³-hybridized carbons (Fsp3) is 0.412. The molecule has 6 nitrogen and oxygen atoms in total. The normalized spacial score (nSPS) is 19.7. The van der Waals surface area contributed by atoms with Gasteiger partial charge in [0.2, 0.25) is 10.0 Å². The fourth-order valence-corrected chi connectivity index (χ4v) is 9.36. The summed E-state index contributed by atoms with van der Waals surface area (Å²) in [5.41, 5.74) is 8.12. The van der Waals surface area contributed by atoms with Crippen molar-refractivity contribution in [1.29, 1.82) is 0 Å². The van der Waals surface area contributed by atoms with Crippen molar-refractivity contribution in [1.82, 2.24) is 4.31 Å². The second-order valence-corrected chi connectivity index (χ2v) is 15.9. The SMILES string of the molecule is C=C(C)[C@@H]1CN(S(=O)(=O)c2ccc(C)cc2)[C@H](COc2c(C)c(C)c(C)c(C)c2C)[C@H]1CS(=O)(=O)c1ccc(C)cc1. The lowest BCUT2D eigenvalue weighted by Gasteiger charge is -2.29. The zero-order chi connectivity index (χ0) is 31.1. The smallest absolute Gasteiger partial charge is 0.243 e. The lowest BCUT2D eigenvalue weighted by molar-refractivity contribution is 0.205. The number of benzene rings is 3. The summed E-state index contributed by atoms with van der Waals surface area (Å²) in [5.74, 6) is -0.405. The van der Waals surface area contributed by atoms with Crippen LogP contribution in [-0.2, 0) is 19.9 Å². The third-order valence-corrected chi connectivity index (χ3v) is 12.9. The number of sulfonamides is 1. The summed E-state index contributed by atoms with van der Waals surface area (Å²) in [7, 11) is -7.70. The molecule has 4 rings (SSSR count). The van der Waals surface area contributed by atoms with E-state index in [2.05, 4.69) is 27.4 Å². The second kappa shape index (κ2) is 12.0. The molecule has 0 radical (unpaired) electrons. The largest absolute Gasteiger partial charge is 0.491 e. The van der Waals surface area contributed by atoms with Crippen molar-refractivity contribution in [3.8, 4) is 5.75 Å². The highest BCUT2D eigenvalue weighted by Gasteiger charge is 2.49. The molecule has 0 unspecified atom stereocenters. The van der Waals surface area contributed by atoms with Gasteiger partial charge < -0.3 is 4.74 Å². The molecule has 0 bridgehead atoms. The molecule has 1 heterocycles. The van der Waals surface area contributed by atoms with E-state index in [4.69, 9.17) is 4.74 Å². The van der Waals surface area contributed by atoms with Gasteiger partial charge in [-0.15, -0.1) is 0 Å². The number of hydrogen-bond donors (Lipinski definition) is 0. The van der Waals surface area contributed by atoms with E-state index >= 15 is 0 Å². The van der Waals surface area contributed by atoms with Gasteiger partial charge in [-0.2, -0.15) is 4.31 Å². The van der Waals surface area contributed by atoms with Crippen LogP contribution < -0.4 is 4.74 Å². The van der Waals surface area contributed by atoms with E-state index in [1.165, 1.54) is 9.87 Å². The number of sulfone groups is 1. The van der Waals surface area contributed by atoms with Crippen molar-refractivity contribution >= 4 is 19.9 Å². The molecule has 1 saturated heterocycles. The Morgan fingerprint density at radius 1 is 0.762 bits per heavy atom. The predicted octanol–water partition coefficient (Wildman–Crippen LogP) is 6.58. The molecule has 0 aliphatic carbocycles. The third-order valence-electron chi connectivity index (χ3n) is 9.14. The van der Waals surface area contributed by atoms with E-state index in [1.54, 1.807) is 48.5 Å². The van der Waals surface area contributed by atoms with Crippen LogP contribution in [0.2, 0.25) is 0 Å². The number of ether oxygens (including phenoxy) is 1. The maximum Gasteiger partial charge on any atom is 0.243 e. The molecular formula is C34H43NO5S2. The van der Waals surface area contributed by atoms with Crippen molar-refractivity contribution in [2.75, 3.05) is 18.9 Å². The molecule has 1 aliphatic heterocycles. The molecule has 0 aromatic heterocycles. The van der Waals surface area contributed by atoms with Crippen molar-refractivity contribution in [3.05, 3.63) is 99.6 Å². The van der Waals surface area contributed by atoms with Gasteiger partial charge in [0.1, 0.15) is 12.4 Å². The fourth-order valence-electron chi connectivity index (χ4n) is 5.97. The Balaban J connectivity index is 1.81. The van der Waals surface area contributed by atoms with E-state index in [9.17, 15) is 16.8 Å². The predicted molar refractivity (Wildman–Crippen MR) is 170 cm³/mol. The minimum atomic E-state index is -3.96. The highest BCUT2D eigenvalue weighted by molar-refractivity contribution is 7.91. The lowest BCUT2D eigenvalue weighted by Crippen LogP contribution is -2.43. The van der Waals surface area contributed by atoms with Gasteiger partial charge in [0.15, 0.2) is 9.84 Å². The van der Waals surface area contributed by atoms with Crippen molar-refractivity contribution < 1.29 is 21.6 Å².